The van der Waals surface area contributed by atoms with Crippen LogP contribution in [0, 0.1) is 0 Å². The highest BCUT2D eigenvalue weighted by molar-refractivity contribution is 7.80. The zero-order valence-corrected chi connectivity index (χ0v) is 16.9. The summed E-state index contributed by atoms with van der Waals surface area (Å²) < 4.78 is 11.1. The van der Waals surface area contributed by atoms with Crippen molar-refractivity contribution in [2.75, 3.05) is 19.0 Å². The Morgan fingerprint density at radius 1 is 1.14 bits per heavy atom. The second-order valence-electron chi connectivity index (χ2n) is 6.20. The van der Waals surface area contributed by atoms with Gasteiger partial charge in [0.1, 0.15) is 11.5 Å². The molecule has 0 saturated carbocycles. The van der Waals surface area contributed by atoms with E-state index in [1.54, 1.807) is 7.11 Å². The lowest BCUT2D eigenvalue weighted by molar-refractivity contribution is -0.113. The first kappa shape index (κ1) is 19.7. The normalized spacial score (nSPS) is 16.1. The van der Waals surface area contributed by atoms with Crippen LogP contribution in [0.5, 0.6) is 11.5 Å². The Morgan fingerprint density at radius 3 is 2.54 bits per heavy atom. The van der Waals surface area contributed by atoms with Crippen molar-refractivity contribution in [3.63, 3.8) is 0 Å². The van der Waals surface area contributed by atoms with E-state index in [1.165, 1.54) is 0 Å². The van der Waals surface area contributed by atoms with E-state index in [-0.39, 0.29) is 5.91 Å². The maximum atomic E-state index is 13.2. The summed E-state index contributed by atoms with van der Waals surface area (Å²) >= 11 is 5.31. The molecule has 28 heavy (non-hydrogen) atoms. The van der Waals surface area contributed by atoms with Crippen LogP contribution in [-0.2, 0) is 4.79 Å². The number of nitrogens with one attached hydrogen (secondary N) is 3. The molecule has 1 unspecified atom stereocenters. The predicted octanol–water partition coefficient (Wildman–Crippen LogP) is 3.53. The van der Waals surface area contributed by atoms with Crippen LogP contribution < -0.4 is 25.4 Å². The topological polar surface area (TPSA) is 71.6 Å². The van der Waals surface area contributed by atoms with Gasteiger partial charge in [-0.2, -0.15) is 0 Å². The lowest BCUT2D eigenvalue weighted by Gasteiger charge is -2.31. The molecule has 0 aromatic heterocycles. The van der Waals surface area contributed by atoms with E-state index in [1.807, 2.05) is 62.4 Å². The maximum absolute atomic E-state index is 13.2. The molecule has 0 spiro atoms. The molecule has 2 aromatic carbocycles. The average molecular weight is 398 g/mol. The highest BCUT2D eigenvalue weighted by Crippen LogP contribution is 2.34. The number of amides is 1. The van der Waals surface area contributed by atoms with Crippen LogP contribution in [0.25, 0.3) is 0 Å². The summed E-state index contributed by atoms with van der Waals surface area (Å²) in [6, 6.07) is 14.5. The summed E-state index contributed by atoms with van der Waals surface area (Å²) in [7, 11) is 1.60. The average Bonchev–Trinajstić information content (AvgIpc) is 2.69. The van der Waals surface area contributed by atoms with Crippen molar-refractivity contribution in [3.8, 4) is 11.5 Å². The quantitative estimate of drug-likeness (QED) is 0.648. The Kier molecular flexibility index (Phi) is 6.16. The van der Waals surface area contributed by atoms with Crippen LogP contribution in [0.2, 0.25) is 0 Å². The van der Waals surface area contributed by atoms with Gasteiger partial charge in [-0.05, 0) is 44.3 Å². The fourth-order valence-corrected chi connectivity index (χ4v) is 3.44. The molecule has 2 aromatic rings. The van der Waals surface area contributed by atoms with Crippen LogP contribution >= 0.6 is 12.2 Å². The summed E-state index contributed by atoms with van der Waals surface area (Å²) in [5, 5.41) is 9.64. The van der Waals surface area contributed by atoms with Crippen molar-refractivity contribution in [3.05, 3.63) is 65.4 Å². The predicted molar refractivity (Wildman–Crippen MR) is 114 cm³/mol. The number of allylic oxidation sites excluding steroid dienone is 1. The van der Waals surface area contributed by atoms with Gasteiger partial charge >= 0.3 is 0 Å². The van der Waals surface area contributed by atoms with Gasteiger partial charge in [-0.25, -0.2) is 0 Å². The zero-order chi connectivity index (χ0) is 20.1. The van der Waals surface area contributed by atoms with E-state index in [2.05, 4.69) is 16.0 Å². The highest BCUT2D eigenvalue weighted by Gasteiger charge is 2.32. The summed E-state index contributed by atoms with van der Waals surface area (Å²) in [6.45, 7) is 4.24. The third-order valence-corrected chi connectivity index (χ3v) is 4.62. The molecular formula is C21H23N3O3S. The molecule has 0 aliphatic carbocycles. The molecular weight excluding hydrogens is 374 g/mol. The van der Waals surface area contributed by atoms with Crippen LogP contribution in [0.4, 0.5) is 5.69 Å². The van der Waals surface area contributed by atoms with E-state index in [0.29, 0.717) is 40.2 Å². The van der Waals surface area contributed by atoms with Gasteiger partial charge in [-0.15, -0.1) is 0 Å². The monoisotopic (exact) mass is 397 g/mol. The molecule has 0 fully saturated rings. The van der Waals surface area contributed by atoms with Gasteiger partial charge in [0.15, 0.2) is 5.11 Å². The van der Waals surface area contributed by atoms with Crippen LogP contribution in [-0.4, -0.2) is 24.7 Å². The Hall–Kier alpha value is -3.06. The van der Waals surface area contributed by atoms with Gasteiger partial charge in [0.05, 0.1) is 31.0 Å². The summed E-state index contributed by atoms with van der Waals surface area (Å²) in [5.74, 6) is 1.05. The molecule has 7 heteroatoms. The number of hydrogen-bond donors (Lipinski definition) is 3. The summed E-state index contributed by atoms with van der Waals surface area (Å²) in [5.41, 5.74) is 2.66. The Balaban J connectivity index is 1.98. The molecule has 0 saturated heterocycles. The Bertz CT molecular complexity index is 927. The second-order valence-corrected chi connectivity index (χ2v) is 6.60. The Morgan fingerprint density at radius 2 is 1.82 bits per heavy atom. The van der Waals surface area contributed by atoms with Crippen LogP contribution in [0.1, 0.15) is 25.5 Å². The SMILES string of the molecule is CCOc1ccccc1NC(=O)C1=C(C)NC(=S)NC1c1ccccc1OC. The standard InChI is InChI=1S/C21H23N3O3S/c1-4-27-17-12-8-6-10-15(17)23-20(25)18-13(2)22-21(28)24-19(18)14-9-5-7-11-16(14)26-3/h5-12,19H,4H2,1-3H3,(H,23,25)(H2,22,24,28). The smallest absolute Gasteiger partial charge is 0.255 e. The zero-order valence-electron chi connectivity index (χ0n) is 16.0. The molecule has 146 valence electrons. The summed E-state index contributed by atoms with van der Waals surface area (Å²) in [4.78, 5) is 13.2. The molecule has 3 N–H and O–H groups in total. The molecule has 3 rings (SSSR count). The van der Waals surface area contributed by atoms with E-state index in [0.717, 1.165) is 5.56 Å². The van der Waals surface area contributed by atoms with Crippen molar-refractivity contribution < 1.29 is 14.3 Å². The van der Waals surface area contributed by atoms with E-state index < -0.39 is 6.04 Å². The molecule has 1 aliphatic heterocycles. The van der Waals surface area contributed by atoms with Gasteiger partial charge in [0, 0.05) is 11.3 Å². The minimum Gasteiger partial charge on any atom is -0.496 e. The minimum absolute atomic E-state index is 0.247. The lowest BCUT2D eigenvalue weighted by atomic mass is 9.94. The number of benzene rings is 2. The number of carbonyl (C=O) groups excluding carboxylic acids is 1. The molecule has 6 nitrogen and oxygen atoms in total. The first-order valence-electron chi connectivity index (χ1n) is 8.99. The second kappa shape index (κ2) is 8.75. The number of carbonyl (C=O) groups is 1. The summed E-state index contributed by atoms with van der Waals surface area (Å²) in [6.07, 6.45) is 0. The number of ether oxygens (including phenoxy) is 2. The number of rotatable bonds is 6. The van der Waals surface area contributed by atoms with Gasteiger partial charge in [0.25, 0.3) is 5.91 Å². The number of hydrogen-bond acceptors (Lipinski definition) is 4. The minimum atomic E-state index is -0.441. The van der Waals surface area contributed by atoms with Crippen LogP contribution in [0.3, 0.4) is 0 Å². The molecule has 1 atom stereocenters. The fraction of sp³-hybridized carbons (Fsp3) is 0.238. The largest absolute Gasteiger partial charge is 0.496 e. The third kappa shape index (κ3) is 4.09. The molecule has 1 amide bonds. The molecule has 0 bridgehead atoms. The fourth-order valence-electron chi connectivity index (χ4n) is 3.17. The highest BCUT2D eigenvalue weighted by atomic mass is 32.1. The van der Waals surface area contributed by atoms with E-state index in [9.17, 15) is 4.79 Å². The van der Waals surface area contributed by atoms with Gasteiger partial charge in [0.2, 0.25) is 0 Å². The number of thiocarbonyl (C=S) groups is 1. The van der Waals surface area contributed by atoms with Gasteiger partial charge < -0.3 is 25.4 Å². The molecule has 1 heterocycles. The van der Waals surface area contributed by atoms with Crippen molar-refractivity contribution in [2.24, 2.45) is 0 Å². The maximum Gasteiger partial charge on any atom is 0.255 e. The first-order chi connectivity index (χ1) is 13.5. The number of anilines is 1. The van der Waals surface area contributed by atoms with E-state index in [4.69, 9.17) is 21.7 Å². The van der Waals surface area contributed by atoms with Crippen molar-refractivity contribution in [1.29, 1.82) is 0 Å². The molecule has 0 radical (unpaired) electrons. The van der Waals surface area contributed by atoms with Crippen molar-refractivity contribution in [1.82, 2.24) is 10.6 Å². The Labute approximate surface area is 169 Å². The number of methoxy groups -OCH3 is 1. The van der Waals surface area contributed by atoms with Gasteiger partial charge in [-0.1, -0.05) is 30.3 Å². The van der Waals surface area contributed by atoms with Crippen molar-refractivity contribution in [2.45, 2.75) is 19.9 Å². The lowest BCUT2D eigenvalue weighted by Crippen LogP contribution is -2.45. The third-order valence-electron chi connectivity index (χ3n) is 4.40. The number of para-hydroxylation sites is 3. The van der Waals surface area contributed by atoms with Gasteiger partial charge in [-0.3, -0.25) is 4.79 Å². The molecule has 1 aliphatic rings. The van der Waals surface area contributed by atoms with E-state index >= 15 is 0 Å². The van der Waals surface area contributed by atoms with Crippen molar-refractivity contribution >= 4 is 28.9 Å². The first-order valence-corrected chi connectivity index (χ1v) is 9.40. The van der Waals surface area contributed by atoms with Crippen LogP contribution in [0.15, 0.2) is 59.8 Å².